The summed E-state index contributed by atoms with van der Waals surface area (Å²) in [6.07, 6.45) is 21.6. The van der Waals surface area contributed by atoms with Gasteiger partial charge in [0.2, 0.25) is 0 Å². The zero-order valence-electron chi connectivity index (χ0n) is 35.5. The van der Waals surface area contributed by atoms with Crippen LogP contribution in [0.3, 0.4) is 0 Å². The van der Waals surface area contributed by atoms with Crippen molar-refractivity contribution in [2.24, 2.45) is 56.7 Å². The highest BCUT2D eigenvalue weighted by atomic mass is 32.2. The lowest BCUT2D eigenvalue weighted by molar-refractivity contribution is -0.221. The maximum absolute atomic E-state index is 12.7. The number of aromatic nitrogens is 1. The van der Waals surface area contributed by atoms with Crippen molar-refractivity contribution in [1.29, 1.82) is 0 Å². The number of fused-ring (bicyclic) bond motifs is 7. The maximum Gasteiger partial charge on any atom is 0.313 e. The minimum absolute atomic E-state index is 0.0267. The van der Waals surface area contributed by atoms with Gasteiger partial charge in [-0.15, -0.1) is 0 Å². The maximum atomic E-state index is 12.7. The molecule has 1 aromatic heterocycles. The molecule has 56 heavy (non-hydrogen) atoms. The number of ether oxygens (including phenoxy) is 1. The molecule has 2 N–H and O–H groups in total. The molecule has 5 fully saturated rings. The first kappa shape index (κ1) is 40.6. The summed E-state index contributed by atoms with van der Waals surface area (Å²) in [5, 5.41) is 14.7. The van der Waals surface area contributed by atoms with Crippen LogP contribution in [0.5, 0.6) is 5.75 Å². The molecule has 1 aliphatic heterocycles. The minimum atomic E-state index is -0.917. The first-order valence-electron chi connectivity index (χ1n) is 22.2. The molecular weight excluding hydrogens is 715 g/mol. The van der Waals surface area contributed by atoms with E-state index < -0.39 is 22.6 Å². The third-order valence-electron chi connectivity index (χ3n) is 18.4. The van der Waals surface area contributed by atoms with E-state index in [0.29, 0.717) is 59.0 Å². The second kappa shape index (κ2) is 14.9. The number of nitrogens with one attached hydrogen (secondary N) is 1. The van der Waals surface area contributed by atoms with Crippen molar-refractivity contribution in [3.05, 3.63) is 60.0 Å². The van der Waals surface area contributed by atoms with Crippen LogP contribution in [0.15, 0.2) is 60.0 Å². The molecule has 0 spiro atoms. The van der Waals surface area contributed by atoms with E-state index in [1.54, 1.807) is 12.4 Å². The first-order valence-corrected chi connectivity index (χ1v) is 23.7. The largest absolute Gasteiger partial charge is 0.616 e. The number of hydrogen-bond acceptors (Lipinski definition) is 6. The van der Waals surface area contributed by atoms with Crippen molar-refractivity contribution in [3.63, 3.8) is 0 Å². The Hall–Kier alpha value is -2.13. The summed E-state index contributed by atoms with van der Waals surface area (Å²) in [6, 6.07) is 3.67. The van der Waals surface area contributed by atoms with E-state index in [2.05, 4.69) is 75.5 Å². The molecule has 0 amide bonds. The van der Waals surface area contributed by atoms with Crippen LogP contribution in [0, 0.1) is 56.7 Å². The molecule has 308 valence electrons. The highest BCUT2D eigenvalue weighted by Gasteiger charge is 2.70. The number of carbonyl (C=O) groups is 1. The van der Waals surface area contributed by atoms with Gasteiger partial charge in [-0.25, -0.2) is 0 Å². The number of hydrogen-bond donors (Lipinski definition) is 2. The molecule has 4 saturated carbocycles. The van der Waals surface area contributed by atoms with Gasteiger partial charge in [-0.2, -0.15) is 0 Å². The van der Waals surface area contributed by atoms with E-state index in [4.69, 9.17) is 4.74 Å². The number of aliphatic carboxylic acids is 1. The lowest BCUT2D eigenvalue weighted by Crippen LogP contribution is -2.68. The van der Waals surface area contributed by atoms with Crippen LogP contribution >= 0.6 is 0 Å². The Kier molecular flexibility index (Phi) is 10.8. The molecule has 1 unspecified atom stereocenters. The van der Waals surface area contributed by atoms with E-state index in [1.807, 2.05) is 12.1 Å². The van der Waals surface area contributed by atoms with E-state index in [9.17, 15) is 14.5 Å². The summed E-state index contributed by atoms with van der Waals surface area (Å²) >= 11 is -0.628. The number of carboxylic acid groups (broad SMARTS) is 1. The van der Waals surface area contributed by atoms with Crippen molar-refractivity contribution in [3.8, 4) is 5.75 Å². The standard InChI is InChI=1S/C48H71N3O4S/c1-33(2)36-14-21-48(50-25-26-51-27-29-56(54)30-28-51)23-22-45(6)38(41(36)48)10-11-40-44(5)17-15-37(43(3,4)39(44)16-18-46(40,45)7)34-12-19-47(20-13-34,42(52)53)32-55-35-9-8-24-49-31-35/h8-9,12,15,24,31,36,38-41,50H,1,10-11,13-14,16-23,25-30,32H2,2-7H3,(H,52,53)/t36-,38+,39-,40+,41+,44-,45+,46+,47?,48-/m0/s1. The molecule has 0 radical (unpaired) electrons. The Balaban J connectivity index is 1.01. The van der Waals surface area contributed by atoms with Gasteiger partial charge < -0.3 is 19.7 Å². The average Bonchev–Trinajstić information content (AvgIpc) is 3.56. The van der Waals surface area contributed by atoms with Crippen LogP contribution in [0.25, 0.3) is 0 Å². The average molecular weight is 786 g/mol. The zero-order valence-corrected chi connectivity index (χ0v) is 36.3. The monoisotopic (exact) mass is 786 g/mol. The highest BCUT2D eigenvalue weighted by Crippen LogP contribution is 2.76. The van der Waals surface area contributed by atoms with Crippen LogP contribution < -0.4 is 10.1 Å². The Bertz CT molecular complexity index is 1720. The number of carboxylic acids is 1. The number of pyridine rings is 1. The fourth-order valence-corrected chi connectivity index (χ4v) is 16.3. The molecule has 8 rings (SSSR count). The number of nitrogens with zero attached hydrogens (tertiary/aromatic N) is 2. The SMILES string of the molecule is C=C(C)[C@@H]1CC[C@]2(NCCN3CC[S+]([O-])CC3)CC[C@]3(C)[C@H](CC[C@@H]4[C@@]5(C)CC=C(C6=CCC(COc7cccnc7)(C(=O)O)CC6)C(C)(C)[C@@H]5CC[C@]43C)[C@@H]12. The van der Waals surface area contributed by atoms with Gasteiger partial charge in [0.25, 0.3) is 0 Å². The van der Waals surface area contributed by atoms with Crippen molar-refractivity contribution >= 4 is 17.1 Å². The van der Waals surface area contributed by atoms with E-state index in [1.165, 1.54) is 68.1 Å². The van der Waals surface area contributed by atoms with Gasteiger partial charge >= 0.3 is 5.97 Å². The third kappa shape index (κ3) is 6.48. The molecule has 1 aromatic rings. The predicted molar refractivity (Wildman–Crippen MR) is 227 cm³/mol. The third-order valence-corrected chi connectivity index (χ3v) is 19.7. The lowest BCUT2D eigenvalue weighted by Gasteiger charge is -2.72. The molecule has 0 bridgehead atoms. The van der Waals surface area contributed by atoms with Gasteiger partial charge in [0, 0.05) is 37.9 Å². The molecule has 8 heteroatoms. The summed E-state index contributed by atoms with van der Waals surface area (Å²) in [5.74, 6) is 4.75. The van der Waals surface area contributed by atoms with Crippen LogP contribution in [-0.4, -0.2) is 75.3 Å². The predicted octanol–water partition coefficient (Wildman–Crippen LogP) is 9.24. The summed E-state index contributed by atoms with van der Waals surface area (Å²) in [4.78, 5) is 19.4. The zero-order chi connectivity index (χ0) is 39.7. The Morgan fingerprint density at radius 3 is 2.46 bits per heavy atom. The molecule has 7 nitrogen and oxygen atoms in total. The second-order valence-corrected chi connectivity index (χ2v) is 22.7. The summed E-state index contributed by atoms with van der Waals surface area (Å²) in [7, 11) is 0. The molecule has 1 saturated heterocycles. The Morgan fingerprint density at radius 1 is 1.00 bits per heavy atom. The van der Waals surface area contributed by atoms with Crippen molar-refractivity contribution in [2.75, 3.05) is 44.3 Å². The first-order chi connectivity index (χ1) is 26.6. The smallest absolute Gasteiger partial charge is 0.313 e. The molecule has 2 heterocycles. The summed E-state index contributed by atoms with van der Waals surface area (Å²) < 4.78 is 18.0. The summed E-state index contributed by atoms with van der Waals surface area (Å²) in [6.45, 7) is 24.3. The van der Waals surface area contributed by atoms with Crippen molar-refractivity contribution in [2.45, 2.75) is 124 Å². The topological polar surface area (TPSA) is 97.8 Å². The van der Waals surface area contributed by atoms with Gasteiger partial charge in [-0.1, -0.05) is 70.1 Å². The second-order valence-electron chi connectivity index (χ2n) is 21.0. The number of allylic oxidation sites excluding steroid dienone is 5. The quantitative estimate of drug-likeness (QED) is 0.180. The van der Waals surface area contributed by atoms with Gasteiger partial charge in [-0.3, -0.25) is 14.7 Å². The molecule has 6 aliphatic carbocycles. The van der Waals surface area contributed by atoms with E-state index >= 15 is 0 Å². The minimum Gasteiger partial charge on any atom is -0.616 e. The van der Waals surface area contributed by atoms with Crippen molar-refractivity contribution in [1.82, 2.24) is 15.2 Å². The lowest BCUT2D eigenvalue weighted by atomic mass is 9.33. The van der Waals surface area contributed by atoms with Gasteiger partial charge in [-0.05, 0) is 159 Å². The fraction of sp³-hybridized carbons (Fsp3) is 0.750. The van der Waals surface area contributed by atoms with E-state index in [-0.39, 0.29) is 23.0 Å². The van der Waals surface area contributed by atoms with Crippen molar-refractivity contribution < 1.29 is 19.2 Å². The fourth-order valence-electron chi connectivity index (χ4n) is 15.1. The molecule has 0 aromatic carbocycles. The van der Waals surface area contributed by atoms with E-state index in [0.717, 1.165) is 50.5 Å². The normalized spacial score (nSPS) is 42.3. The van der Waals surface area contributed by atoms with Gasteiger partial charge in [0.05, 0.1) is 6.20 Å². The highest BCUT2D eigenvalue weighted by molar-refractivity contribution is 7.91. The molecule has 10 atom stereocenters. The number of rotatable bonds is 10. The van der Waals surface area contributed by atoms with Gasteiger partial charge in [0.15, 0.2) is 0 Å². The molecule has 7 aliphatic rings. The van der Waals surface area contributed by atoms with Crippen LogP contribution in [0.2, 0.25) is 0 Å². The molecular formula is C48H71N3O4S. The Morgan fingerprint density at radius 2 is 1.79 bits per heavy atom. The van der Waals surface area contributed by atoms with Crippen LogP contribution in [0.1, 0.15) is 119 Å². The summed E-state index contributed by atoms with van der Waals surface area (Å²) in [5.41, 5.74) is 4.40. The van der Waals surface area contributed by atoms with Crippen LogP contribution in [-0.2, 0) is 16.0 Å². The van der Waals surface area contributed by atoms with Gasteiger partial charge in [0.1, 0.15) is 29.3 Å². The Labute approximate surface area is 341 Å². The van der Waals surface area contributed by atoms with Crippen LogP contribution in [0.4, 0.5) is 0 Å².